The van der Waals surface area contributed by atoms with Gasteiger partial charge in [-0.3, -0.25) is 4.90 Å². The van der Waals surface area contributed by atoms with Crippen LogP contribution in [-0.2, 0) is 4.74 Å². The largest absolute Gasteiger partial charge is 0.492 e. The summed E-state index contributed by atoms with van der Waals surface area (Å²) in [7, 11) is 0. The van der Waals surface area contributed by atoms with E-state index >= 15 is 0 Å². The molecule has 0 aromatic heterocycles. The number of benzene rings is 1. The number of carbonyl (C=O) groups is 1. The predicted octanol–water partition coefficient (Wildman–Crippen LogP) is 0.457. The Labute approximate surface area is 117 Å². The number of rotatable bonds is 6. The molecule has 1 heterocycles. The van der Waals surface area contributed by atoms with Crippen molar-refractivity contribution in [1.82, 2.24) is 4.90 Å². The number of aromatic carboxylic acids is 1. The molecule has 20 heavy (non-hydrogen) atoms. The highest BCUT2D eigenvalue weighted by Gasteiger charge is 2.21. The van der Waals surface area contributed by atoms with Crippen LogP contribution in [0, 0.1) is 0 Å². The molecule has 0 radical (unpaired) electrons. The van der Waals surface area contributed by atoms with Gasteiger partial charge in [0.05, 0.1) is 31.4 Å². The van der Waals surface area contributed by atoms with Gasteiger partial charge >= 0.3 is 5.97 Å². The minimum atomic E-state index is -0.948. The molecular formula is C14H19NO5. The van der Waals surface area contributed by atoms with Gasteiger partial charge in [-0.15, -0.1) is 0 Å². The van der Waals surface area contributed by atoms with E-state index < -0.39 is 5.97 Å². The van der Waals surface area contributed by atoms with E-state index in [4.69, 9.17) is 14.6 Å². The van der Waals surface area contributed by atoms with Crippen molar-refractivity contribution in [2.75, 3.05) is 39.5 Å². The van der Waals surface area contributed by atoms with Crippen LogP contribution in [-0.4, -0.2) is 66.6 Å². The maximum atomic E-state index is 10.7. The Balaban J connectivity index is 1.78. The number of hydrogen-bond acceptors (Lipinski definition) is 5. The lowest BCUT2D eigenvalue weighted by Crippen LogP contribution is -2.48. The lowest BCUT2D eigenvalue weighted by Gasteiger charge is -2.34. The molecule has 0 bridgehead atoms. The fraction of sp³-hybridized carbons (Fsp3) is 0.500. The molecule has 6 heteroatoms. The lowest BCUT2D eigenvalue weighted by atomic mass is 10.2. The molecule has 1 atom stereocenters. The minimum absolute atomic E-state index is 0.0294. The van der Waals surface area contributed by atoms with Crippen LogP contribution in [0.4, 0.5) is 0 Å². The van der Waals surface area contributed by atoms with Crippen molar-refractivity contribution >= 4 is 5.97 Å². The van der Waals surface area contributed by atoms with Gasteiger partial charge in [0.15, 0.2) is 0 Å². The molecule has 0 spiro atoms. The summed E-state index contributed by atoms with van der Waals surface area (Å²) in [6, 6.07) is 6.35. The second-order valence-corrected chi connectivity index (χ2v) is 4.63. The topological polar surface area (TPSA) is 79.2 Å². The molecule has 1 fully saturated rings. The van der Waals surface area contributed by atoms with Crippen molar-refractivity contribution in [2.45, 2.75) is 6.04 Å². The molecule has 110 valence electrons. The number of hydrogen-bond donors (Lipinski definition) is 2. The van der Waals surface area contributed by atoms with E-state index in [2.05, 4.69) is 4.90 Å². The molecule has 1 saturated heterocycles. The highest BCUT2D eigenvalue weighted by molar-refractivity contribution is 5.87. The number of nitrogens with zero attached hydrogens (tertiary/aromatic N) is 1. The quantitative estimate of drug-likeness (QED) is 0.788. The Kier molecular flexibility index (Phi) is 5.34. The first kappa shape index (κ1) is 14.8. The summed E-state index contributed by atoms with van der Waals surface area (Å²) in [5.74, 6) is -0.306. The van der Waals surface area contributed by atoms with Gasteiger partial charge in [-0.2, -0.15) is 0 Å². The van der Waals surface area contributed by atoms with Crippen LogP contribution in [0.1, 0.15) is 10.4 Å². The monoisotopic (exact) mass is 281 g/mol. The van der Waals surface area contributed by atoms with Crippen LogP contribution in [0.5, 0.6) is 5.75 Å². The minimum Gasteiger partial charge on any atom is -0.492 e. The van der Waals surface area contributed by atoms with E-state index in [1.165, 1.54) is 12.1 Å². The van der Waals surface area contributed by atoms with Crippen molar-refractivity contribution in [3.63, 3.8) is 0 Å². The van der Waals surface area contributed by atoms with E-state index in [1.54, 1.807) is 12.1 Å². The molecule has 0 aliphatic carbocycles. The normalized spacial score (nSPS) is 19.8. The van der Waals surface area contributed by atoms with Gasteiger partial charge < -0.3 is 19.7 Å². The Morgan fingerprint density at radius 1 is 1.40 bits per heavy atom. The Morgan fingerprint density at radius 3 is 2.80 bits per heavy atom. The smallest absolute Gasteiger partial charge is 0.335 e. The van der Waals surface area contributed by atoms with E-state index in [0.29, 0.717) is 32.1 Å². The van der Waals surface area contributed by atoms with Gasteiger partial charge in [0.25, 0.3) is 0 Å². The number of aliphatic hydroxyl groups is 1. The lowest BCUT2D eigenvalue weighted by molar-refractivity contribution is -0.0312. The number of carboxylic acid groups (broad SMARTS) is 1. The molecule has 6 nitrogen and oxygen atoms in total. The molecule has 2 rings (SSSR count). The average Bonchev–Trinajstić information content (AvgIpc) is 2.48. The predicted molar refractivity (Wildman–Crippen MR) is 72.2 cm³/mol. The molecule has 0 amide bonds. The van der Waals surface area contributed by atoms with Gasteiger partial charge in [0.2, 0.25) is 0 Å². The van der Waals surface area contributed by atoms with Gasteiger partial charge in [-0.1, -0.05) is 0 Å². The van der Waals surface area contributed by atoms with Crippen molar-refractivity contribution in [1.29, 1.82) is 0 Å². The number of carboxylic acids is 1. The Hall–Kier alpha value is -1.63. The van der Waals surface area contributed by atoms with Crippen LogP contribution < -0.4 is 4.74 Å². The van der Waals surface area contributed by atoms with Gasteiger partial charge in [0, 0.05) is 13.1 Å². The zero-order valence-electron chi connectivity index (χ0n) is 11.2. The van der Waals surface area contributed by atoms with Crippen molar-refractivity contribution in [2.24, 2.45) is 0 Å². The highest BCUT2D eigenvalue weighted by atomic mass is 16.5. The SMILES string of the molecule is O=C(O)c1ccc(OCCN2CCOCC2CO)cc1. The third-order valence-corrected chi connectivity index (χ3v) is 3.31. The Bertz CT molecular complexity index is 434. The molecule has 1 aliphatic heterocycles. The second-order valence-electron chi connectivity index (χ2n) is 4.63. The summed E-state index contributed by atoms with van der Waals surface area (Å²) < 4.78 is 10.9. The fourth-order valence-electron chi connectivity index (χ4n) is 2.13. The summed E-state index contributed by atoms with van der Waals surface area (Å²) in [4.78, 5) is 12.9. The first-order chi connectivity index (χ1) is 9.70. The molecule has 2 N–H and O–H groups in total. The van der Waals surface area contributed by atoms with E-state index in [-0.39, 0.29) is 18.2 Å². The van der Waals surface area contributed by atoms with E-state index in [0.717, 1.165) is 6.54 Å². The third kappa shape index (κ3) is 3.93. The summed E-state index contributed by atoms with van der Waals surface area (Å²) in [5, 5.41) is 18.0. The summed E-state index contributed by atoms with van der Waals surface area (Å²) in [6.07, 6.45) is 0. The summed E-state index contributed by atoms with van der Waals surface area (Å²) in [6.45, 7) is 3.27. The van der Waals surface area contributed by atoms with Gasteiger partial charge in [0.1, 0.15) is 12.4 Å². The summed E-state index contributed by atoms with van der Waals surface area (Å²) in [5.41, 5.74) is 0.242. The van der Waals surface area contributed by atoms with Crippen molar-refractivity contribution in [3.05, 3.63) is 29.8 Å². The van der Waals surface area contributed by atoms with E-state index in [9.17, 15) is 9.90 Å². The maximum absolute atomic E-state index is 10.7. The maximum Gasteiger partial charge on any atom is 0.335 e. The standard InChI is InChI=1S/C14H19NO5/c16-9-12-10-19-7-5-15(12)6-8-20-13-3-1-11(2-4-13)14(17)18/h1-4,12,16H,5-10H2,(H,17,18). The van der Waals surface area contributed by atoms with Crippen LogP contribution in [0.25, 0.3) is 0 Å². The molecule has 1 aliphatic rings. The molecular weight excluding hydrogens is 262 g/mol. The average molecular weight is 281 g/mol. The van der Waals surface area contributed by atoms with E-state index in [1.807, 2.05) is 0 Å². The second kappa shape index (κ2) is 7.23. The third-order valence-electron chi connectivity index (χ3n) is 3.31. The molecule has 1 unspecified atom stereocenters. The number of aliphatic hydroxyl groups excluding tert-OH is 1. The fourth-order valence-corrected chi connectivity index (χ4v) is 2.13. The molecule has 1 aromatic carbocycles. The van der Waals surface area contributed by atoms with Crippen molar-refractivity contribution < 1.29 is 24.5 Å². The van der Waals surface area contributed by atoms with Gasteiger partial charge in [-0.05, 0) is 24.3 Å². The Morgan fingerprint density at radius 2 is 2.15 bits per heavy atom. The highest BCUT2D eigenvalue weighted by Crippen LogP contribution is 2.13. The molecule has 0 saturated carbocycles. The first-order valence-electron chi connectivity index (χ1n) is 6.59. The number of morpholine rings is 1. The van der Waals surface area contributed by atoms with Gasteiger partial charge in [-0.25, -0.2) is 4.79 Å². The van der Waals surface area contributed by atoms with Crippen molar-refractivity contribution in [3.8, 4) is 5.75 Å². The first-order valence-corrected chi connectivity index (χ1v) is 6.59. The molecule has 1 aromatic rings. The zero-order chi connectivity index (χ0) is 14.4. The zero-order valence-corrected chi connectivity index (χ0v) is 11.2. The number of ether oxygens (including phenoxy) is 2. The summed E-state index contributed by atoms with van der Waals surface area (Å²) >= 11 is 0. The van der Waals surface area contributed by atoms with Crippen LogP contribution in [0.2, 0.25) is 0 Å². The van der Waals surface area contributed by atoms with Crippen LogP contribution in [0.15, 0.2) is 24.3 Å². The van der Waals surface area contributed by atoms with Crippen LogP contribution in [0.3, 0.4) is 0 Å². The van der Waals surface area contributed by atoms with Crippen LogP contribution >= 0.6 is 0 Å².